The fourth-order valence-corrected chi connectivity index (χ4v) is 3.60. The number of amides is 3. The van der Waals surface area contributed by atoms with Crippen molar-refractivity contribution in [3.8, 4) is 0 Å². The Kier molecular flexibility index (Phi) is 7.61. The molecule has 0 atom stereocenters. The zero-order chi connectivity index (χ0) is 24.9. The van der Waals surface area contributed by atoms with Crippen molar-refractivity contribution >= 4 is 40.2 Å². The van der Waals surface area contributed by atoms with E-state index in [0.29, 0.717) is 30.0 Å². The first-order valence-corrected chi connectivity index (χ1v) is 11.4. The molecular formula is C26H32N4O4. The van der Waals surface area contributed by atoms with E-state index >= 15 is 0 Å². The highest BCUT2D eigenvalue weighted by Crippen LogP contribution is 2.22. The normalized spacial score (nSPS) is 11.2. The summed E-state index contributed by atoms with van der Waals surface area (Å²) in [5.41, 5.74) is 1.80. The maximum Gasteiger partial charge on any atom is 0.412 e. The van der Waals surface area contributed by atoms with Crippen LogP contribution in [0.2, 0.25) is 0 Å². The molecule has 0 saturated heterocycles. The van der Waals surface area contributed by atoms with Gasteiger partial charge in [-0.15, -0.1) is 0 Å². The Labute approximate surface area is 199 Å². The van der Waals surface area contributed by atoms with Crippen molar-refractivity contribution in [1.29, 1.82) is 0 Å². The number of carbonyl (C=O) groups is 3. The maximum absolute atomic E-state index is 12.8. The average molecular weight is 465 g/mol. The van der Waals surface area contributed by atoms with E-state index in [0.717, 1.165) is 10.9 Å². The minimum Gasteiger partial charge on any atom is -0.444 e. The van der Waals surface area contributed by atoms with E-state index in [1.54, 1.807) is 56.0 Å². The lowest BCUT2D eigenvalue weighted by atomic mass is 10.1. The van der Waals surface area contributed by atoms with Gasteiger partial charge in [0.1, 0.15) is 12.1 Å². The molecule has 0 spiro atoms. The minimum atomic E-state index is -0.616. The Morgan fingerprint density at radius 2 is 1.65 bits per heavy atom. The molecule has 0 fully saturated rings. The highest BCUT2D eigenvalue weighted by Gasteiger charge is 2.17. The van der Waals surface area contributed by atoms with Gasteiger partial charge in [0.2, 0.25) is 5.91 Å². The van der Waals surface area contributed by atoms with E-state index in [1.165, 1.54) is 0 Å². The number of hydrogen-bond acceptors (Lipinski definition) is 4. The van der Waals surface area contributed by atoms with E-state index in [9.17, 15) is 14.4 Å². The highest BCUT2D eigenvalue weighted by atomic mass is 16.6. The molecule has 3 aromatic rings. The third kappa shape index (κ3) is 6.37. The van der Waals surface area contributed by atoms with E-state index in [4.69, 9.17) is 4.74 Å². The van der Waals surface area contributed by atoms with Crippen LogP contribution >= 0.6 is 0 Å². The van der Waals surface area contributed by atoms with Crippen LogP contribution < -0.4 is 10.6 Å². The summed E-state index contributed by atoms with van der Waals surface area (Å²) in [5.74, 6) is -0.233. The molecule has 8 heteroatoms. The van der Waals surface area contributed by atoms with Gasteiger partial charge in [-0.3, -0.25) is 14.9 Å². The Morgan fingerprint density at radius 3 is 2.32 bits per heavy atom. The lowest BCUT2D eigenvalue weighted by Gasteiger charge is -2.19. The van der Waals surface area contributed by atoms with E-state index in [-0.39, 0.29) is 18.4 Å². The topological polar surface area (TPSA) is 92.7 Å². The zero-order valence-electron chi connectivity index (χ0n) is 20.3. The van der Waals surface area contributed by atoms with Crippen LogP contribution in [0.3, 0.4) is 0 Å². The monoisotopic (exact) mass is 464 g/mol. The van der Waals surface area contributed by atoms with Crippen LogP contribution in [-0.4, -0.2) is 46.1 Å². The van der Waals surface area contributed by atoms with E-state index < -0.39 is 11.7 Å². The number of likely N-dealkylation sites (N-methyl/N-ethyl adjacent to an activating group) is 1. The molecule has 2 N–H and O–H groups in total. The lowest BCUT2D eigenvalue weighted by Crippen LogP contribution is -2.33. The van der Waals surface area contributed by atoms with Crippen molar-refractivity contribution in [1.82, 2.24) is 9.47 Å². The molecule has 180 valence electrons. The standard InChI is InChI=1S/C26H32N4O4/c1-6-29(7-2)23(31)17-30-14-13-18-15-21(11-12-22(18)30)27-24(32)19-9-8-10-20(16-19)28-25(33)34-26(3,4)5/h8-16H,6-7,17H2,1-5H3,(H,27,32)(H,28,33). The quantitative estimate of drug-likeness (QED) is 0.508. The Balaban J connectivity index is 1.69. The largest absolute Gasteiger partial charge is 0.444 e. The van der Waals surface area contributed by atoms with Gasteiger partial charge in [-0.1, -0.05) is 6.07 Å². The van der Waals surface area contributed by atoms with Crippen molar-refractivity contribution in [2.45, 2.75) is 46.8 Å². The van der Waals surface area contributed by atoms with Gasteiger partial charge in [-0.25, -0.2) is 4.79 Å². The Hall–Kier alpha value is -3.81. The number of hydrogen-bond donors (Lipinski definition) is 2. The molecule has 8 nitrogen and oxygen atoms in total. The molecule has 0 bridgehead atoms. The van der Waals surface area contributed by atoms with Crippen molar-refractivity contribution < 1.29 is 19.1 Å². The Morgan fingerprint density at radius 1 is 0.941 bits per heavy atom. The molecule has 0 saturated carbocycles. The third-order valence-electron chi connectivity index (χ3n) is 5.22. The summed E-state index contributed by atoms with van der Waals surface area (Å²) >= 11 is 0. The molecule has 1 aromatic heterocycles. The van der Waals surface area contributed by atoms with Crippen LogP contribution in [0.1, 0.15) is 45.0 Å². The molecule has 1 heterocycles. The zero-order valence-corrected chi connectivity index (χ0v) is 20.3. The number of ether oxygens (including phenoxy) is 1. The number of nitrogens with zero attached hydrogens (tertiary/aromatic N) is 2. The predicted octanol–water partition coefficient (Wildman–Crippen LogP) is 5.11. The highest BCUT2D eigenvalue weighted by molar-refractivity contribution is 6.06. The molecule has 3 amide bonds. The molecule has 0 radical (unpaired) electrons. The second-order valence-electron chi connectivity index (χ2n) is 8.95. The van der Waals surface area contributed by atoms with Gasteiger partial charge in [-0.05, 0) is 77.1 Å². The number of fused-ring (bicyclic) bond motifs is 1. The predicted molar refractivity (Wildman–Crippen MR) is 134 cm³/mol. The fraction of sp³-hybridized carbons (Fsp3) is 0.346. The first kappa shape index (κ1) is 24.8. The van der Waals surface area contributed by atoms with Crippen molar-refractivity contribution in [2.24, 2.45) is 0 Å². The molecule has 0 aliphatic carbocycles. The third-order valence-corrected chi connectivity index (χ3v) is 5.22. The summed E-state index contributed by atoms with van der Waals surface area (Å²) in [6.07, 6.45) is 1.29. The number of anilines is 2. The van der Waals surface area contributed by atoms with Crippen LogP contribution in [0.5, 0.6) is 0 Å². The van der Waals surface area contributed by atoms with Crippen LogP contribution in [0.15, 0.2) is 54.7 Å². The maximum atomic E-state index is 12.8. The summed E-state index contributed by atoms with van der Waals surface area (Å²) in [7, 11) is 0. The first-order valence-electron chi connectivity index (χ1n) is 11.4. The number of rotatable bonds is 7. The van der Waals surface area contributed by atoms with Gasteiger partial charge >= 0.3 is 6.09 Å². The molecule has 0 aliphatic rings. The summed E-state index contributed by atoms with van der Waals surface area (Å²) in [5, 5.41) is 6.45. The van der Waals surface area contributed by atoms with Crippen LogP contribution in [0.25, 0.3) is 10.9 Å². The van der Waals surface area contributed by atoms with Gasteiger partial charge in [0, 0.05) is 47.1 Å². The number of nitrogens with one attached hydrogen (secondary N) is 2. The molecule has 0 unspecified atom stereocenters. The van der Waals surface area contributed by atoms with Crippen molar-refractivity contribution in [2.75, 3.05) is 23.7 Å². The minimum absolute atomic E-state index is 0.0692. The van der Waals surface area contributed by atoms with E-state index in [2.05, 4.69) is 10.6 Å². The van der Waals surface area contributed by atoms with E-state index in [1.807, 2.05) is 42.8 Å². The Bertz CT molecular complexity index is 1190. The SMILES string of the molecule is CCN(CC)C(=O)Cn1ccc2cc(NC(=O)c3cccc(NC(=O)OC(C)(C)C)c3)ccc21. The fourth-order valence-electron chi connectivity index (χ4n) is 3.60. The molecule has 0 aliphatic heterocycles. The molecular weight excluding hydrogens is 432 g/mol. The summed E-state index contributed by atoms with van der Waals surface area (Å²) in [4.78, 5) is 39.1. The summed E-state index contributed by atoms with van der Waals surface area (Å²) < 4.78 is 7.16. The van der Waals surface area contributed by atoms with Gasteiger partial charge < -0.3 is 19.5 Å². The number of aromatic nitrogens is 1. The number of carbonyl (C=O) groups excluding carboxylic acids is 3. The van der Waals surface area contributed by atoms with Crippen LogP contribution in [0, 0.1) is 0 Å². The lowest BCUT2D eigenvalue weighted by molar-refractivity contribution is -0.131. The van der Waals surface area contributed by atoms with Crippen molar-refractivity contribution in [3.05, 3.63) is 60.3 Å². The molecule has 3 rings (SSSR count). The molecule has 2 aromatic carbocycles. The smallest absolute Gasteiger partial charge is 0.412 e. The second kappa shape index (κ2) is 10.4. The second-order valence-corrected chi connectivity index (χ2v) is 8.95. The number of benzene rings is 2. The van der Waals surface area contributed by atoms with Gasteiger partial charge in [0.25, 0.3) is 5.91 Å². The van der Waals surface area contributed by atoms with Gasteiger partial charge in [0.05, 0.1) is 0 Å². The summed E-state index contributed by atoms with van der Waals surface area (Å²) in [6.45, 7) is 10.9. The summed E-state index contributed by atoms with van der Waals surface area (Å²) in [6, 6.07) is 14.1. The van der Waals surface area contributed by atoms with Gasteiger partial charge in [-0.2, -0.15) is 0 Å². The van der Waals surface area contributed by atoms with Crippen LogP contribution in [-0.2, 0) is 16.1 Å². The first-order chi connectivity index (χ1) is 16.1. The molecule has 34 heavy (non-hydrogen) atoms. The van der Waals surface area contributed by atoms with Crippen molar-refractivity contribution in [3.63, 3.8) is 0 Å². The van der Waals surface area contributed by atoms with Crippen LogP contribution in [0.4, 0.5) is 16.2 Å². The average Bonchev–Trinajstić information content (AvgIpc) is 3.15. The van der Waals surface area contributed by atoms with Gasteiger partial charge in [0.15, 0.2) is 0 Å².